The Labute approximate surface area is 156 Å². The molecule has 0 saturated heterocycles. The molecule has 144 valence electrons. The molecule has 27 heavy (non-hydrogen) atoms. The molecule has 1 aliphatic rings. The highest BCUT2D eigenvalue weighted by atomic mass is 19.1. The van der Waals surface area contributed by atoms with Crippen LogP contribution in [0.2, 0.25) is 0 Å². The number of carbonyl (C=O) groups excluding carboxylic acids is 2. The number of hydrogen-bond acceptors (Lipinski definition) is 6. The Morgan fingerprint density at radius 1 is 1.37 bits per heavy atom. The van der Waals surface area contributed by atoms with E-state index in [1.807, 2.05) is 6.92 Å². The number of carbonyl (C=O) groups is 2. The lowest BCUT2D eigenvalue weighted by atomic mass is 10.1. The van der Waals surface area contributed by atoms with Crippen LogP contribution in [0.3, 0.4) is 0 Å². The molecule has 0 bridgehead atoms. The third-order valence-electron chi connectivity index (χ3n) is 4.43. The number of hydrogen-bond donors (Lipinski definition) is 1. The zero-order chi connectivity index (χ0) is 19.6. The van der Waals surface area contributed by atoms with Crippen molar-refractivity contribution in [3.63, 3.8) is 0 Å². The Hall–Kier alpha value is -2.90. The molecular formula is C19H22FN3O4. The molecule has 1 fully saturated rings. The van der Waals surface area contributed by atoms with Crippen molar-refractivity contribution in [3.8, 4) is 5.75 Å². The van der Waals surface area contributed by atoms with Crippen LogP contribution in [0.15, 0.2) is 18.2 Å². The number of nitrogen functional groups attached to an aromatic ring is 1. The maximum absolute atomic E-state index is 14.2. The second-order valence-corrected chi connectivity index (χ2v) is 6.56. The average molecular weight is 375 g/mol. The monoisotopic (exact) mass is 375 g/mol. The quantitative estimate of drug-likeness (QED) is 0.563. The van der Waals surface area contributed by atoms with Gasteiger partial charge in [0, 0.05) is 12.6 Å². The van der Waals surface area contributed by atoms with Gasteiger partial charge < -0.3 is 15.2 Å². The molecule has 1 aromatic carbocycles. The lowest BCUT2D eigenvalue weighted by Gasteiger charge is -2.08. The van der Waals surface area contributed by atoms with Crippen LogP contribution in [0.1, 0.15) is 46.2 Å². The molecule has 3 rings (SSSR count). The fourth-order valence-corrected chi connectivity index (χ4v) is 2.68. The van der Waals surface area contributed by atoms with Crippen LogP contribution in [0.4, 0.5) is 10.2 Å². The first-order chi connectivity index (χ1) is 12.9. The number of aryl methyl sites for hydroxylation is 2. The van der Waals surface area contributed by atoms with E-state index in [2.05, 4.69) is 5.10 Å². The molecule has 1 heterocycles. The third-order valence-corrected chi connectivity index (χ3v) is 4.43. The Morgan fingerprint density at radius 3 is 2.70 bits per heavy atom. The fourth-order valence-electron chi connectivity index (χ4n) is 2.68. The molecule has 2 aromatic rings. The summed E-state index contributed by atoms with van der Waals surface area (Å²) in [6, 6.07) is 4.04. The number of Topliss-reactive ketones (excluding diaryl/α,β-unsaturated/α-hetero) is 1. The van der Waals surface area contributed by atoms with E-state index in [1.54, 1.807) is 6.92 Å². The first kappa shape index (κ1) is 18.9. The molecule has 7 nitrogen and oxygen atoms in total. The van der Waals surface area contributed by atoms with Gasteiger partial charge in [-0.3, -0.25) is 4.79 Å². The number of halogens is 1. The first-order valence-corrected chi connectivity index (χ1v) is 8.86. The van der Waals surface area contributed by atoms with Gasteiger partial charge in [-0.05, 0) is 44.7 Å². The molecule has 0 unspecified atom stereocenters. The summed E-state index contributed by atoms with van der Waals surface area (Å²) in [5.74, 6) is -1.02. The van der Waals surface area contributed by atoms with E-state index in [4.69, 9.17) is 15.2 Å². The van der Waals surface area contributed by atoms with E-state index in [-0.39, 0.29) is 16.9 Å². The van der Waals surface area contributed by atoms with Crippen LogP contribution < -0.4 is 10.5 Å². The minimum Gasteiger partial charge on any atom is -0.493 e. The molecule has 0 aliphatic heterocycles. The Kier molecular flexibility index (Phi) is 5.43. The second kappa shape index (κ2) is 7.77. The van der Waals surface area contributed by atoms with Crippen LogP contribution in [-0.4, -0.2) is 34.7 Å². The highest BCUT2D eigenvalue weighted by Gasteiger charge is 2.23. The van der Waals surface area contributed by atoms with Crippen LogP contribution >= 0.6 is 0 Å². The zero-order valence-corrected chi connectivity index (χ0v) is 15.3. The first-order valence-electron chi connectivity index (χ1n) is 8.86. The summed E-state index contributed by atoms with van der Waals surface area (Å²) < 4.78 is 26.2. The van der Waals surface area contributed by atoms with Gasteiger partial charge in [0.05, 0.1) is 17.9 Å². The lowest BCUT2D eigenvalue weighted by molar-refractivity contribution is 0.0473. The number of nitrogens with zero attached hydrogens (tertiary/aromatic N) is 2. The van der Waals surface area contributed by atoms with Crippen molar-refractivity contribution in [2.24, 2.45) is 5.92 Å². The topological polar surface area (TPSA) is 96.4 Å². The predicted octanol–water partition coefficient (Wildman–Crippen LogP) is 2.76. The van der Waals surface area contributed by atoms with Crippen molar-refractivity contribution < 1.29 is 23.5 Å². The molecule has 0 radical (unpaired) electrons. The van der Waals surface area contributed by atoms with Gasteiger partial charge in [-0.15, -0.1) is 0 Å². The summed E-state index contributed by atoms with van der Waals surface area (Å²) in [5, 5.41) is 4.13. The van der Waals surface area contributed by atoms with Crippen molar-refractivity contribution in [2.75, 3.05) is 18.9 Å². The molecule has 1 aromatic heterocycles. The maximum Gasteiger partial charge on any atom is 0.344 e. The standard InChI is InChI=1S/C19H22FN3O4/c1-3-23-18(21)17(11(2)22-23)19(25)27-10-16(24)14-7-6-13(8-15(14)20)26-9-12-4-5-12/h6-8,12H,3-5,9-10,21H2,1-2H3. The molecule has 1 saturated carbocycles. The van der Waals surface area contributed by atoms with Gasteiger partial charge in [-0.1, -0.05) is 0 Å². The van der Waals surface area contributed by atoms with E-state index in [1.165, 1.54) is 22.9 Å². The van der Waals surface area contributed by atoms with Gasteiger partial charge in [0.2, 0.25) is 5.78 Å². The number of rotatable bonds is 8. The Balaban J connectivity index is 1.61. The van der Waals surface area contributed by atoms with Crippen LogP contribution in [0.25, 0.3) is 0 Å². The van der Waals surface area contributed by atoms with E-state index >= 15 is 0 Å². The van der Waals surface area contributed by atoms with Crippen LogP contribution in [0, 0.1) is 18.7 Å². The molecule has 0 spiro atoms. The summed E-state index contributed by atoms with van der Waals surface area (Å²) >= 11 is 0. The average Bonchev–Trinajstić information content (AvgIpc) is 3.42. The van der Waals surface area contributed by atoms with Crippen molar-refractivity contribution in [1.29, 1.82) is 0 Å². The van der Waals surface area contributed by atoms with Crippen LogP contribution in [0.5, 0.6) is 5.75 Å². The fraction of sp³-hybridized carbons (Fsp3) is 0.421. The third kappa shape index (κ3) is 4.27. The number of ketones is 1. The summed E-state index contributed by atoms with van der Waals surface area (Å²) in [7, 11) is 0. The second-order valence-electron chi connectivity index (χ2n) is 6.56. The zero-order valence-electron chi connectivity index (χ0n) is 15.3. The smallest absolute Gasteiger partial charge is 0.344 e. The number of esters is 1. The van der Waals surface area contributed by atoms with Crippen molar-refractivity contribution in [1.82, 2.24) is 9.78 Å². The van der Waals surface area contributed by atoms with E-state index in [0.29, 0.717) is 30.5 Å². The minimum absolute atomic E-state index is 0.119. The van der Waals surface area contributed by atoms with E-state index in [0.717, 1.165) is 12.8 Å². The SMILES string of the molecule is CCn1nc(C)c(C(=O)OCC(=O)c2ccc(OCC3CC3)cc2F)c1N. The number of benzene rings is 1. The largest absolute Gasteiger partial charge is 0.493 e. The summed E-state index contributed by atoms with van der Waals surface area (Å²) in [6.07, 6.45) is 2.26. The van der Waals surface area contributed by atoms with Gasteiger partial charge >= 0.3 is 5.97 Å². The molecule has 2 N–H and O–H groups in total. The van der Waals surface area contributed by atoms with Gasteiger partial charge in [0.1, 0.15) is 22.9 Å². The van der Waals surface area contributed by atoms with Crippen molar-refractivity contribution in [2.45, 2.75) is 33.2 Å². The molecule has 8 heteroatoms. The maximum atomic E-state index is 14.2. The number of nitrogens with two attached hydrogens (primary N) is 1. The Morgan fingerprint density at radius 2 is 2.11 bits per heavy atom. The summed E-state index contributed by atoms with van der Waals surface area (Å²) in [5.41, 5.74) is 6.24. The number of aromatic nitrogens is 2. The number of anilines is 1. The molecule has 0 atom stereocenters. The van der Waals surface area contributed by atoms with Gasteiger partial charge in [0.15, 0.2) is 6.61 Å². The summed E-state index contributed by atoms with van der Waals surface area (Å²) in [6.45, 7) is 3.92. The summed E-state index contributed by atoms with van der Waals surface area (Å²) in [4.78, 5) is 24.4. The predicted molar refractivity (Wildman–Crippen MR) is 96.3 cm³/mol. The van der Waals surface area contributed by atoms with E-state index < -0.39 is 24.2 Å². The van der Waals surface area contributed by atoms with E-state index in [9.17, 15) is 14.0 Å². The normalized spacial score (nSPS) is 13.4. The van der Waals surface area contributed by atoms with Crippen molar-refractivity contribution >= 4 is 17.6 Å². The van der Waals surface area contributed by atoms with Gasteiger partial charge in [0.25, 0.3) is 0 Å². The van der Waals surface area contributed by atoms with Gasteiger partial charge in [-0.2, -0.15) is 5.10 Å². The Bertz CT molecular complexity index is 874. The number of ether oxygens (including phenoxy) is 2. The lowest BCUT2D eigenvalue weighted by Crippen LogP contribution is -2.17. The molecular weight excluding hydrogens is 353 g/mol. The molecule has 1 aliphatic carbocycles. The highest BCUT2D eigenvalue weighted by Crippen LogP contribution is 2.30. The molecule has 0 amide bonds. The minimum atomic E-state index is -0.761. The van der Waals surface area contributed by atoms with Gasteiger partial charge in [-0.25, -0.2) is 13.9 Å². The van der Waals surface area contributed by atoms with Crippen molar-refractivity contribution in [3.05, 3.63) is 40.8 Å². The highest BCUT2D eigenvalue weighted by molar-refractivity contribution is 6.01. The van der Waals surface area contributed by atoms with Crippen LogP contribution in [-0.2, 0) is 11.3 Å².